The van der Waals surface area contributed by atoms with Crippen molar-refractivity contribution in [2.24, 2.45) is 0 Å². The SMILES string of the molecule is O=C(c1ccc(Oc2ccccc2)cc1)N1[C@@H]2CCC[C@H]1COC2. The van der Waals surface area contributed by atoms with E-state index in [0.717, 1.165) is 24.3 Å². The first kappa shape index (κ1) is 15.2. The van der Waals surface area contributed by atoms with Crippen LogP contribution in [-0.2, 0) is 4.74 Å². The molecule has 2 saturated heterocycles. The monoisotopic (exact) mass is 323 g/mol. The lowest BCUT2D eigenvalue weighted by molar-refractivity contribution is -0.0565. The standard InChI is InChI=1S/C20H21NO3/c22-20(21-16-5-4-6-17(21)14-23-13-16)15-9-11-19(12-10-15)24-18-7-2-1-3-8-18/h1-3,7-12,16-17H,4-6,13-14H2/t16-,17+. The van der Waals surface area contributed by atoms with Gasteiger partial charge in [-0.15, -0.1) is 0 Å². The molecule has 0 aliphatic carbocycles. The van der Waals surface area contributed by atoms with Crippen molar-refractivity contribution < 1.29 is 14.3 Å². The lowest BCUT2D eigenvalue weighted by Crippen LogP contribution is -2.57. The first-order valence-electron chi connectivity index (χ1n) is 8.54. The van der Waals surface area contributed by atoms with Gasteiger partial charge in [-0.25, -0.2) is 0 Å². The Balaban J connectivity index is 1.49. The maximum Gasteiger partial charge on any atom is 0.254 e. The van der Waals surface area contributed by atoms with E-state index in [9.17, 15) is 4.79 Å². The van der Waals surface area contributed by atoms with Crippen molar-refractivity contribution in [3.8, 4) is 11.5 Å². The minimum Gasteiger partial charge on any atom is -0.457 e. The van der Waals surface area contributed by atoms with Crippen molar-refractivity contribution in [3.63, 3.8) is 0 Å². The van der Waals surface area contributed by atoms with Crippen LogP contribution < -0.4 is 4.74 Å². The van der Waals surface area contributed by atoms with Crippen LogP contribution in [0.25, 0.3) is 0 Å². The van der Waals surface area contributed by atoms with E-state index in [1.54, 1.807) is 0 Å². The minimum absolute atomic E-state index is 0.110. The molecule has 2 fully saturated rings. The highest BCUT2D eigenvalue weighted by atomic mass is 16.5. The number of carbonyl (C=O) groups is 1. The molecule has 4 rings (SSSR count). The lowest BCUT2D eigenvalue weighted by Gasteiger charge is -2.45. The van der Waals surface area contributed by atoms with Crippen LogP contribution in [0.3, 0.4) is 0 Å². The fraction of sp³-hybridized carbons (Fsp3) is 0.350. The summed E-state index contributed by atoms with van der Waals surface area (Å²) in [6, 6.07) is 17.5. The molecule has 0 N–H and O–H groups in total. The summed E-state index contributed by atoms with van der Waals surface area (Å²) in [7, 11) is 0. The van der Waals surface area contributed by atoms with Crippen molar-refractivity contribution in [2.45, 2.75) is 31.3 Å². The van der Waals surface area contributed by atoms with E-state index in [0.29, 0.717) is 18.8 Å². The van der Waals surface area contributed by atoms with Crippen LogP contribution in [0.4, 0.5) is 0 Å². The first-order chi connectivity index (χ1) is 11.8. The average molecular weight is 323 g/mol. The fourth-order valence-corrected chi connectivity index (χ4v) is 3.60. The Kier molecular flexibility index (Phi) is 4.22. The Morgan fingerprint density at radius 3 is 2.21 bits per heavy atom. The summed E-state index contributed by atoms with van der Waals surface area (Å²) in [5, 5.41) is 0. The number of nitrogens with zero attached hydrogens (tertiary/aromatic N) is 1. The molecule has 0 aromatic heterocycles. The second kappa shape index (κ2) is 6.65. The molecule has 2 bridgehead atoms. The number of hydrogen-bond acceptors (Lipinski definition) is 3. The zero-order valence-corrected chi connectivity index (χ0v) is 13.6. The van der Waals surface area contributed by atoms with Crippen LogP contribution >= 0.6 is 0 Å². The van der Waals surface area contributed by atoms with Crippen molar-refractivity contribution in [3.05, 3.63) is 60.2 Å². The van der Waals surface area contributed by atoms with Crippen molar-refractivity contribution in [2.75, 3.05) is 13.2 Å². The number of amides is 1. The molecule has 124 valence electrons. The molecule has 0 radical (unpaired) electrons. The minimum atomic E-state index is 0.110. The van der Waals surface area contributed by atoms with E-state index in [-0.39, 0.29) is 18.0 Å². The third-order valence-electron chi connectivity index (χ3n) is 4.80. The number of ether oxygens (including phenoxy) is 2. The van der Waals surface area contributed by atoms with Crippen LogP contribution in [0.15, 0.2) is 54.6 Å². The molecule has 1 amide bonds. The van der Waals surface area contributed by atoms with E-state index in [1.807, 2.05) is 59.5 Å². The molecule has 24 heavy (non-hydrogen) atoms. The fourth-order valence-electron chi connectivity index (χ4n) is 3.60. The van der Waals surface area contributed by atoms with Gasteiger partial charge in [0.25, 0.3) is 5.91 Å². The van der Waals surface area contributed by atoms with Gasteiger partial charge >= 0.3 is 0 Å². The van der Waals surface area contributed by atoms with E-state index in [2.05, 4.69) is 0 Å². The zero-order valence-electron chi connectivity index (χ0n) is 13.6. The van der Waals surface area contributed by atoms with Gasteiger partial charge in [-0.05, 0) is 55.7 Å². The number of para-hydroxylation sites is 1. The quantitative estimate of drug-likeness (QED) is 0.860. The van der Waals surface area contributed by atoms with Gasteiger partial charge < -0.3 is 14.4 Å². The molecule has 0 spiro atoms. The van der Waals surface area contributed by atoms with Gasteiger partial charge in [0.2, 0.25) is 0 Å². The Bertz CT molecular complexity index is 677. The number of hydrogen-bond donors (Lipinski definition) is 0. The predicted molar refractivity (Wildman–Crippen MR) is 91.4 cm³/mol. The average Bonchev–Trinajstić information content (AvgIpc) is 2.62. The molecule has 2 aromatic rings. The van der Waals surface area contributed by atoms with E-state index in [4.69, 9.17) is 9.47 Å². The number of benzene rings is 2. The molecule has 0 unspecified atom stereocenters. The Morgan fingerprint density at radius 1 is 0.917 bits per heavy atom. The van der Waals surface area contributed by atoms with Crippen molar-refractivity contribution in [1.29, 1.82) is 0 Å². The Morgan fingerprint density at radius 2 is 1.54 bits per heavy atom. The molecule has 4 heteroatoms. The normalized spacial score (nSPS) is 22.9. The smallest absolute Gasteiger partial charge is 0.254 e. The molecular weight excluding hydrogens is 302 g/mol. The summed E-state index contributed by atoms with van der Waals surface area (Å²) in [6.07, 6.45) is 3.27. The number of rotatable bonds is 3. The maximum absolute atomic E-state index is 12.9. The summed E-state index contributed by atoms with van der Waals surface area (Å²) in [5.74, 6) is 1.64. The second-order valence-corrected chi connectivity index (χ2v) is 6.43. The van der Waals surface area contributed by atoms with Gasteiger partial charge in [0, 0.05) is 5.56 Å². The second-order valence-electron chi connectivity index (χ2n) is 6.43. The summed E-state index contributed by atoms with van der Waals surface area (Å²) in [6.45, 7) is 1.33. The van der Waals surface area contributed by atoms with E-state index in [1.165, 1.54) is 6.42 Å². The van der Waals surface area contributed by atoms with Gasteiger partial charge in [-0.1, -0.05) is 18.2 Å². The third-order valence-corrected chi connectivity index (χ3v) is 4.80. The van der Waals surface area contributed by atoms with Crippen LogP contribution in [0.1, 0.15) is 29.6 Å². The third kappa shape index (κ3) is 3.02. The Labute approximate surface area is 142 Å². The largest absolute Gasteiger partial charge is 0.457 e. The van der Waals surface area contributed by atoms with Gasteiger partial charge in [0.1, 0.15) is 11.5 Å². The molecule has 0 saturated carbocycles. The summed E-state index contributed by atoms with van der Waals surface area (Å²) in [4.78, 5) is 15.0. The van der Waals surface area contributed by atoms with E-state index >= 15 is 0 Å². The summed E-state index contributed by atoms with van der Waals surface area (Å²) >= 11 is 0. The first-order valence-corrected chi connectivity index (χ1v) is 8.54. The lowest BCUT2D eigenvalue weighted by atomic mass is 9.93. The summed E-state index contributed by atoms with van der Waals surface area (Å²) < 4.78 is 11.4. The van der Waals surface area contributed by atoms with Crippen LogP contribution in [0.5, 0.6) is 11.5 Å². The molecule has 2 aliphatic heterocycles. The van der Waals surface area contributed by atoms with Crippen LogP contribution in [-0.4, -0.2) is 36.1 Å². The number of piperidine rings is 1. The van der Waals surface area contributed by atoms with Gasteiger partial charge in [-0.3, -0.25) is 4.79 Å². The molecule has 2 heterocycles. The van der Waals surface area contributed by atoms with Gasteiger partial charge in [0.15, 0.2) is 0 Å². The molecule has 2 aromatic carbocycles. The van der Waals surface area contributed by atoms with E-state index < -0.39 is 0 Å². The molecule has 4 nitrogen and oxygen atoms in total. The number of morpholine rings is 1. The highest BCUT2D eigenvalue weighted by Gasteiger charge is 2.37. The van der Waals surface area contributed by atoms with Gasteiger partial charge in [-0.2, -0.15) is 0 Å². The van der Waals surface area contributed by atoms with Crippen molar-refractivity contribution in [1.82, 2.24) is 4.90 Å². The molecule has 2 atom stereocenters. The van der Waals surface area contributed by atoms with Gasteiger partial charge in [0.05, 0.1) is 25.3 Å². The van der Waals surface area contributed by atoms with Crippen LogP contribution in [0.2, 0.25) is 0 Å². The van der Waals surface area contributed by atoms with Crippen molar-refractivity contribution >= 4 is 5.91 Å². The van der Waals surface area contributed by atoms with Crippen LogP contribution in [0, 0.1) is 0 Å². The highest BCUT2D eigenvalue weighted by Crippen LogP contribution is 2.29. The molecule has 2 aliphatic rings. The number of carbonyl (C=O) groups excluding carboxylic acids is 1. The predicted octanol–water partition coefficient (Wildman–Crippen LogP) is 3.87. The Hall–Kier alpha value is -2.33. The zero-order chi connectivity index (χ0) is 16.4. The molecular formula is C20H21NO3. The highest BCUT2D eigenvalue weighted by molar-refractivity contribution is 5.95. The topological polar surface area (TPSA) is 38.8 Å². The summed E-state index contributed by atoms with van der Waals surface area (Å²) in [5.41, 5.74) is 0.717. The number of fused-ring (bicyclic) bond motifs is 2. The maximum atomic E-state index is 12.9.